The molecule has 0 N–H and O–H groups in total. The molecule has 0 radical (unpaired) electrons. The van der Waals surface area contributed by atoms with Crippen molar-refractivity contribution < 1.29 is 4.74 Å². The maximum Gasteiger partial charge on any atom is 0.150 e. The van der Waals surface area contributed by atoms with Crippen LogP contribution < -0.4 is 14.5 Å². The highest BCUT2D eigenvalue weighted by Crippen LogP contribution is 2.59. The summed E-state index contributed by atoms with van der Waals surface area (Å²) in [6, 6.07) is 14.1. The quantitative estimate of drug-likeness (QED) is 0.303. The van der Waals surface area contributed by atoms with Crippen LogP contribution in [0.1, 0.15) is 64.7 Å². The lowest BCUT2D eigenvalue weighted by molar-refractivity contribution is 0.0817. The first kappa shape index (κ1) is 29.5. The summed E-state index contributed by atoms with van der Waals surface area (Å²) in [6.07, 6.45) is 13.2. The van der Waals surface area contributed by atoms with Crippen LogP contribution in [0.15, 0.2) is 36.4 Å². The first-order valence-corrected chi connectivity index (χ1v) is 18.5. The van der Waals surface area contributed by atoms with E-state index >= 15 is 0 Å². The molecule has 5 aliphatic carbocycles. The third-order valence-electron chi connectivity index (χ3n) is 12.6. The molecular formula is C38H53ClN4O. The number of anilines is 2. The van der Waals surface area contributed by atoms with E-state index in [2.05, 4.69) is 62.9 Å². The topological polar surface area (TPSA) is 22.2 Å². The normalized spacial score (nSPS) is 31.3. The fourth-order valence-corrected chi connectivity index (χ4v) is 10.9. The molecule has 9 rings (SSSR count). The minimum Gasteiger partial charge on any atom is -0.491 e. The molecule has 5 atom stereocenters. The zero-order valence-electron chi connectivity index (χ0n) is 26.9. The van der Waals surface area contributed by atoms with Crippen molar-refractivity contribution in [1.29, 1.82) is 0 Å². The van der Waals surface area contributed by atoms with Gasteiger partial charge in [0.1, 0.15) is 5.75 Å². The summed E-state index contributed by atoms with van der Waals surface area (Å²) in [5, 5.41) is 0.796. The monoisotopic (exact) mass is 616 g/mol. The highest BCUT2D eigenvalue weighted by Gasteiger charge is 2.55. The molecule has 2 saturated heterocycles. The number of para-hydroxylation sites is 1. The summed E-state index contributed by atoms with van der Waals surface area (Å²) in [6.45, 7) is 13.0. The summed E-state index contributed by atoms with van der Waals surface area (Å²) in [7, 11) is 0. The van der Waals surface area contributed by atoms with Gasteiger partial charge in [-0.15, -0.1) is 0 Å². The lowest BCUT2D eigenvalue weighted by Crippen LogP contribution is -2.54. The van der Waals surface area contributed by atoms with Crippen LogP contribution >= 0.6 is 11.6 Å². The SMILES string of the molecule is CCOc1c(-c2cc(Cl)ccc2N2CCN(C3C4CC5CC(C4)C3C5)CC2)cccc1N1CCN(CC2CCCCC2)CC1. The molecule has 2 heterocycles. The zero-order valence-corrected chi connectivity index (χ0v) is 27.7. The number of piperazine rings is 2. The Balaban J connectivity index is 0.998. The van der Waals surface area contributed by atoms with Gasteiger partial charge in [0.15, 0.2) is 0 Å². The second-order valence-corrected chi connectivity index (χ2v) is 15.5. The molecule has 2 aromatic carbocycles. The fraction of sp³-hybridized carbons (Fsp3) is 0.684. The van der Waals surface area contributed by atoms with Crippen LogP contribution in [-0.2, 0) is 0 Å². The number of halogens is 1. The highest BCUT2D eigenvalue weighted by atomic mass is 35.5. The van der Waals surface area contributed by atoms with Gasteiger partial charge in [-0.2, -0.15) is 0 Å². The minimum absolute atomic E-state index is 0.659. The van der Waals surface area contributed by atoms with Gasteiger partial charge in [-0.05, 0) is 99.3 Å². The third kappa shape index (κ3) is 5.64. The highest BCUT2D eigenvalue weighted by molar-refractivity contribution is 6.31. The van der Waals surface area contributed by atoms with E-state index in [1.807, 2.05) is 0 Å². The van der Waals surface area contributed by atoms with E-state index in [1.54, 1.807) is 0 Å². The first-order valence-electron chi connectivity index (χ1n) is 18.2. The molecule has 0 amide bonds. The standard InChI is InChI=1S/C38H53ClN4O/c1-2-44-38-32(9-6-10-36(38)42-15-13-40(14-16-42)26-27-7-4-3-5-8-27)34-25-31(39)11-12-35(34)41-17-19-43(20-18-41)37-30-22-28-21-29(24-30)33(37)23-28/h6,9-12,25,27-30,33,37H,2-5,7-8,13-24,26H2,1H3. The molecule has 5 unspecified atom stereocenters. The Bertz CT molecular complexity index is 1290. The van der Waals surface area contributed by atoms with Gasteiger partial charge in [0.2, 0.25) is 0 Å². The van der Waals surface area contributed by atoms with Gasteiger partial charge in [-0.3, -0.25) is 9.80 Å². The van der Waals surface area contributed by atoms with Crippen LogP contribution in [0.25, 0.3) is 11.1 Å². The number of hydrogen-bond acceptors (Lipinski definition) is 5. The Hall–Kier alpha value is -1.95. The lowest BCUT2D eigenvalue weighted by Gasteiger charge is -2.45. The van der Waals surface area contributed by atoms with Crippen molar-refractivity contribution in [3.8, 4) is 16.9 Å². The molecule has 4 bridgehead atoms. The number of rotatable bonds is 8. The van der Waals surface area contributed by atoms with Crippen molar-refractivity contribution in [2.45, 2.75) is 70.8 Å². The molecule has 0 aromatic heterocycles. The van der Waals surface area contributed by atoms with Crippen LogP contribution in [0.5, 0.6) is 5.75 Å². The predicted molar refractivity (Wildman–Crippen MR) is 183 cm³/mol. The Morgan fingerprint density at radius 3 is 2.27 bits per heavy atom. The van der Waals surface area contributed by atoms with Gasteiger partial charge in [-0.25, -0.2) is 0 Å². The average Bonchev–Trinajstić information content (AvgIpc) is 3.48. The summed E-state index contributed by atoms with van der Waals surface area (Å²) in [4.78, 5) is 10.8. The van der Waals surface area contributed by atoms with Crippen LogP contribution in [0.4, 0.5) is 11.4 Å². The molecule has 2 aliphatic heterocycles. The van der Waals surface area contributed by atoms with Gasteiger partial charge < -0.3 is 14.5 Å². The van der Waals surface area contributed by atoms with Crippen molar-refractivity contribution >= 4 is 23.0 Å². The summed E-state index contributed by atoms with van der Waals surface area (Å²) in [5.74, 6) is 5.98. The number of ether oxygens (including phenoxy) is 1. The van der Waals surface area contributed by atoms with Crippen LogP contribution in [0.2, 0.25) is 5.02 Å². The Morgan fingerprint density at radius 2 is 1.50 bits per heavy atom. The van der Waals surface area contributed by atoms with Gasteiger partial charge >= 0.3 is 0 Å². The van der Waals surface area contributed by atoms with Gasteiger partial charge in [0.25, 0.3) is 0 Å². The van der Waals surface area contributed by atoms with E-state index in [9.17, 15) is 0 Å². The largest absolute Gasteiger partial charge is 0.491 e. The van der Waals surface area contributed by atoms with E-state index in [4.69, 9.17) is 16.3 Å². The molecule has 7 fully saturated rings. The molecule has 5 saturated carbocycles. The maximum absolute atomic E-state index is 6.72. The maximum atomic E-state index is 6.72. The molecule has 5 nitrogen and oxygen atoms in total. The zero-order chi connectivity index (χ0) is 29.6. The fourth-order valence-electron chi connectivity index (χ4n) is 10.7. The van der Waals surface area contributed by atoms with Gasteiger partial charge in [0.05, 0.1) is 12.3 Å². The van der Waals surface area contributed by atoms with Crippen molar-refractivity contribution in [1.82, 2.24) is 9.80 Å². The summed E-state index contributed by atoms with van der Waals surface area (Å²) in [5.41, 5.74) is 4.94. The van der Waals surface area contributed by atoms with E-state index in [0.29, 0.717) is 6.61 Å². The third-order valence-corrected chi connectivity index (χ3v) is 12.8. The Kier molecular flexibility index (Phi) is 8.49. The van der Waals surface area contributed by atoms with Crippen molar-refractivity contribution in [2.75, 3.05) is 75.3 Å². The number of hydrogen-bond donors (Lipinski definition) is 0. The van der Waals surface area contributed by atoms with Crippen LogP contribution in [-0.4, -0.2) is 81.4 Å². The molecule has 0 spiro atoms. The van der Waals surface area contributed by atoms with Crippen LogP contribution in [0, 0.1) is 29.6 Å². The molecule has 44 heavy (non-hydrogen) atoms. The second kappa shape index (κ2) is 12.7. The van der Waals surface area contributed by atoms with Crippen molar-refractivity contribution in [3.05, 3.63) is 41.4 Å². The molecule has 238 valence electrons. The molecule has 2 aromatic rings. The van der Waals surface area contributed by atoms with E-state index in [-0.39, 0.29) is 0 Å². The average molecular weight is 617 g/mol. The minimum atomic E-state index is 0.659. The lowest BCUT2D eigenvalue weighted by atomic mass is 9.78. The van der Waals surface area contributed by atoms with Crippen molar-refractivity contribution in [2.24, 2.45) is 29.6 Å². The predicted octanol–water partition coefficient (Wildman–Crippen LogP) is 7.66. The molecule has 6 heteroatoms. The van der Waals surface area contributed by atoms with Gasteiger partial charge in [-0.1, -0.05) is 43.0 Å². The Labute approximate surface area is 270 Å². The number of nitrogens with zero attached hydrogens (tertiary/aromatic N) is 4. The first-order chi connectivity index (χ1) is 21.6. The molecular weight excluding hydrogens is 564 g/mol. The molecule has 7 aliphatic rings. The smallest absolute Gasteiger partial charge is 0.150 e. The van der Waals surface area contributed by atoms with E-state index in [1.165, 1.54) is 99.9 Å². The van der Waals surface area contributed by atoms with E-state index in [0.717, 1.165) is 85.7 Å². The van der Waals surface area contributed by atoms with Crippen LogP contribution in [0.3, 0.4) is 0 Å². The summed E-state index contributed by atoms with van der Waals surface area (Å²) < 4.78 is 6.52. The summed E-state index contributed by atoms with van der Waals surface area (Å²) >= 11 is 6.72. The van der Waals surface area contributed by atoms with Gasteiger partial charge in [0, 0.05) is 86.8 Å². The van der Waals surface area contributed by atoms with E-state index < -0.39 is 0 Å². The van der Waals surface area contributed by atoms with Crippen molar-refractivity contribution in [3.63, 3.8) is 0 Å². The Morgan fingerprint density at radius 1 is 0.750 bits per heavy atom. The number of benzene rings is 2. The second-order valence-electron chi connectivity index (χ2n) is 15.0.